The largest absolute Gasteiger partial charge is 0.384 e. The summed E-state index contributed by atoms with van der Waals surface area (Å²) in [6.45, 7) is 1.82. The summed E-state index contributed by atoms with van der Waals surface area (Å²) in [4.78, 5) is 3.84. The number of anilines is 1. The Bertz CT molecular complexity index is 461. The Labute approximate surface area is 113 Å². The summed E-state index contributed by atoms with van der Waals surface area (Å²) < 4.78 is 36.2. The normalized spacial score (nSPS) is 11.6. The van der Waals surface area contributed by atoms with E-state index in [0.29, 0.717) is 32.8 Å². The van der Waals surface area contributed by atoms with Crippen LogP contribution in [-0.4, -0.2) is 46.9 Å². The van der Waals surface area contributed by atoms with Gasteiger partial charge >= 0.3 is 0 Å². The number of nitrogens with zero attached hydrogens (tertiary/aromatic N) is 1. The highest BCUT2D eigenvalue weighted by Crippen LogP contribution is 2.08. The van der Waals surface area contributed by atoms with Crippen LogP contribution in [0, 0.1) is 0 Å². The molecule has 0 atom stereocenters. The van der Waals surface area contributed by atoms with Crippen LogP contribution < -0.4 is 10.5 Å². The molecular weight excluding hydrogens is 270 g/mol. The second-order valence-electron chi connectivity index (χ2n) is 3.78. The highest BCUT2D eigenvalue weighted by Gasteiger charge is 2.13. The summed E-state index contributed by atoms with van der Waals surface area (Å²) in [5, 5.41) is 0. The molecule has 0 fully saturated rings. The molecule has 0 bridgehead atoms. The topological polar surface area (TPSA) is 104 Å². The van der Waals surface area contributed by atoms with Crippen LogP contribution in [0.4, 0.5) is 5.82 Å². The van der Waals surface area contributed by atoms with Gasteiger partial charge < -0.3 is 15.2 Å². The fourth-order valence-corrected chi connectivity index (χ4v) is 2.28. The molecule has 0 aliphatic heterocycles. The molecule has 0 aromatic carbocycles. The Kier molecular flexibility index (Phi) is 6.71. The van der Waals surface area contributed by atoms with Gasteiger partial charge in [-0.2, -0.15) is 0 Å². The van der Waals surface area contributed by atoms with Gasteiger partial charge in [-0.05, 0) is 18.6 Å². The summed E-state index contributed by atoms with van der Waals surface area (Å²) in [5.74, 6) is 0.283. The molecule has 0 spiro atoms. The fourth-order valence-electron chi connectivity index (χ4n) is 1.26. The summed E-state index contributed by atoms with van der Waals surface area (Å²) >= 11 is 0. The second-order valence-corrected chi connectivity index (χ2v) is 5.54. The van der Waals surface area contributed by atoms with Crippen molar-refractivity contribution >= 4 is 15.8 Å². The lowest BCUT2D eigenvalue weighted by molar-refractivity contribution is 0.0699. The Morgan fingerprint density at radius 3 is 2.74 bits per heavy atom. The molecule has 0 unspecified atom stereocenters. The van der Waals surface area contributed by atoms with Gasteiger partial charge in [-0.15, -0.1) is 0 Å². The van der Waals surface area contributed by atoms with E-state index in [4.69, 9.17) is 15.2 Å². The van der Waals surface area contributed by atoms with Crippen LogP contribution in [0.1, 0.15) is 6.42 Å². The first-order valence-electron chi connectivity index (χ1n) is 5.84. The molecule has 7 nitrogen and oxygen atoms in total. The van der Waals surface area contributed by atoms with Crippen LogP contribution in [0.15, 0.2) is 23.2 Å². The molecule has 8 heteroatoms. The van der Waals surface area contributed by atoms with Gasteiger partial charge in [-0.25, -0.2) is 18.1 Å². The highest BCUT2D eigenvalue weighted by atomic mass is 32.2. The van der Waals surface area contributed by atoms with Gasteiger partial charge in [-0.1, -0.05) is 0 Å². The number of pyridine rings is 1. The summed E-state index contributed by atoms with van der Waals surface area (Å²) in [5.41, 5.74) is 5.40. The van der Waals surface area contributed by atoms with E-state index in [9.17, 15) is 8.42 Å². The third-order valence-electron chi connectivity index (χ3n) is 2.26. The summed E-state index contributed by atoms with van der Waals surface area (Å²) in [6.07, 6.45) is 1.82. The first-order chi connectivity index (χ1) is 9.06. The molecule has 0 radical (unpaired) electrons. The molecule has 1 aromatic rings. The van der Waals surface area contributed by atoms with E-state index in [2.05, 4.69) is 9.71 Å². The van der Waals surface area contributed by atoms with Gasteiger partial charge in [0.1, 0.15) is 10.7 Å². The minimum absolute atomic E-state index is 0.0991. The predicted octanol–water partition coefficient (Wildman–Crippen LogP) is -0.00480. The number of aromatic nitrogens is 1. The smallest absolute Gasteiger partial charge is 0.242 e. The van der Waals surface area contributed by atoms with E-state index in [1.807, 2.05) is 0 Å². The molecule has 0 saturated heterocycles. The minimum Gasteiger partial charge on any atom is -0.384 e. The number of hydrogen-bond acceptors (Lipinski definition) is 6. The number of rotatable bonds is 9. The molecule has 1 rings (SSSR count). The average Bonchev–Trinajstić information content (AvgIpc) is 2.38. The molecular formula is C11H19N3O4S. The molecule has 19 heavy (non-hydrogen) atoms. The fraction of sp³-hybridized carbons (Fsp3) is 0.545. The van der Waals surface area contributed by atoms with E-state index in [0.717, 1.165) is 0 Å². The maximum Gasteiger partial charge on any atom is 0.242 e. The quantitative estimate of drug-likeness (QED) is 0.620. The van der Waals surface area contributed by atoms with Gasteiger partial charge in [0.25, 0.3) is 0 Å². The van der Waals surface area contributed by atoms with Crippen molar-refractivity contribution in [2.75, 3.05) is 39.2 Å². The molecule has 108 valence electrons. The third-order valence-corrected chi connectivity index (χ3v) is 3.71. The van der Waals surface area contributed by atoms with Crippen molar-refractivity contribution in [3.05, 3.63) is 18.3 Å². The zero-order valence-electron chi connectivity index (χ0n) is 10.8. The first-order valence-corrected chi connectivity index (χ1v) is 7.32. The number of ether oxygens (including phenoxy) is 2. The number of methoxy groups -OCH3 is 1. The Morgan fingerprint density at radius 1 is 1.32 bits per heavy atom. The first kappa shape index (κ1) is 15.8. The monoisotopic (exact) mass is 289 g/mol. The summed E-state index contributed by atoms with van der Waals surface area (Å²) in [7, 11) is -1.93. The van der Waals surface area contributed by atoms with Crippen LogP contribution in [-0.2, 0) is 19.5 Å². The second kappa shape index (κ2) is 8.05. The van der Waals surface area contributed by atoms with E-state index < -0.39 is 10.0 Å². The molecule has 0 amide bonds. The van der Waals surface area contributed by atoms with Crippen molar-refractivity contribution in [1.29, 1.82) is 0 Å². The Balaban J connectivity index is 2.29. The van der Waals surface area contributed by atoms with Crippen molar-refractivity contribution in [3.63, 3.8) is 0 Å². The van der Waals surface area contributed by atoms with Crippen LogP contribution in [0.5, 0.6) is 0 Å². The van der Waals surface area contributed by atoms with Gasteiger partial charge in [0.15, 0.2) is 0 Å². The number of hydrogen-bond donors (Lipinski definition) is 2. The average molecular weight is 289 g/mol. The number of nitrogens with one attached hydrogen (secondary N) is 1. The van der Waals surface area contributed by atoms with Crippen LogP contribution in [0.25, 0.3) is 0 Å². The molecule has 1 aromatic heterocycles. The van der Waals surface area contributed by atoms with Crippen molar-refractivity contribution in [3.8, 4) is 0 Å². The molecule has 0 aliphatic carbocycles. The lowest BCUT2D eigenvalue weighted by atomic mass is 10.5. The molecule has 3 N–H and O–H groups in total. The van der Waals surface area contributed by atoms with Crippen LogP contribution in [0.3, 0.4) is 0 Å². The zero-order valence-corrected chi connectivity index (χ0v) is 11.6. The van der Waals surface area contributed by atoms with Crippen molar-refractivity contribution in [2.24, 2.45) is 0 Å². The SMILES string of the molecule is COCCOCCCNS(=O)(=O)c1ccc(N)nc1. The van der Waals surface area contributed by atoms with E-state index in [1.54, 1.807) is 7.11 Å². The van der Waals surface area contributed by atoms with Gasteiger partial charge in [0.05, 0.1) is 13.2 Å². The van der Waals surface area contributed by atoms with Gasteiger partial charge in [0.2, 0.25) is 10.0 Å². The number of nitrogens with two attached hydrogens (primary N) is 1. The van der Waals surface area contributed by atoms with E-state index >= 15 is 0 Å². The lowest BCUT2D eigenvalue weighted by Crippen LogP contribution is -2.25. The van der Waals surface area contributed by atoms with Crippen LogP contribution in [0.2, 0.25) is 0 Å². The zero-order chi connectivity index (χ0) is 14.1. The molecule has 0 aliphatic rings. The van der Waals surface area contributed by atoms with Crippen molar-refractivity contribution < 1.29 is 17.9 Å². The van der Waals surface area contributed by atoms with Crippen molar-refractivity contribution in [1.82, 2.24) is 9.71 Å². The maximum atomic E-state index is 11.8. The standard InChI is InChI=1S/C11H19N3O4S/c1-17-7-8-18-6-2-5-14-19(15,16)10-3-4-11(12)13-9-10/h3-4,9,14H,2,5-8H2,1H3,(H2,12,13). The molecule has 1 heterocycles. The number of nitrogen functional groups attached to an aromatic ring is 1. The van der Waals surface area contributed by atoms with Gasteiger partial charge in [0, 0.05) is 26.5 Å². The van der Waals surface area contributed by atoms with E-state index in [1.165, 1.54) is 18.3 Å². The van der Waals surface area contributed by atoms with Gasteiger partial charge in [-0.3, -0.25) is 0 Å². The summed E-state index contributed by atoms with van der Waals surface area (Å²) in [6, 6.07) is 2.86. The maximum absolute atomic E-state index is 11.8. The minimum atomic E-state index is -3.52. The Hall–Kier alpha value is -1.22. The van der Waals surface area contributed by atoms with Crippen molar-refractivity contribution in [2.45, 2.75) is 11.3 Å². The highest BCUT2D eigenvalue weighted by molar-refractivity contribution is 7.89. The van der Waals surface area contributed by atoms with E-state index in [-0.39, 0.29) is 10.7 Å². The third kappa shape index (κ3) is 5.97. The number of sulfonamides is 1. The predicted molar refractivity (Wildman–Crippen MR) is 71.1 cm³/mol. The molecule has 0 saturated carbocycles. The lowest BCUT2D eigenvalue weighted by Gasteiger charge is -2.07. The van der Waals surface area contributed by atoms with Crippen LogP contribution >= 0.6 is 0 Å². The Morgan fingerprint density at radius 2 is 2.11 bits per heavy atom.